The highest BCUT2D eigenvalue weighted by Gasteiger charge is 2.20. The van der Waals surface area contributed by atoms with Crippen LogP contribution in [0.15, 0.2) is 53.1 Å². The largest absolute Gasteiger partial charge is 0.497 e. The smallest absolute Gasteiger partial charge is 0.305 e. The van der Waals surface area contributed by atoms with E-state index >= 15 is 0 Å². The van der Waals surface area contributed by atoms with E-state index in [9.17, 15) is 9.59 Å². The summed E-state index contributed by atoms with van der Waals surface area (Å²) in [6.45, 7) is 1.78. The predicted molar refractivity (Wildman–Crippen MR) is 105 cm³/mol. The minimum atomic E-state index is -0.527. The lowest BCUT2D eigenvalue weighted by molar-refractivity contribution is 0.0832. The van der Waals surface area contributed by atoms with Crippen LogP contribution in [-0.4, -0.2) is 23.5 Å². The van der Waals surface area contributed by atoms with Crippen LogP contribution < -0.4 is 15.6 Å². The Labute approximate surface area is 160 Å². The van der Waals surface area contributed by atoms with Gasteiger partial charge < -0.3 is 13.7 Å². The van der Waals surface area contributed by atoms with Gasteiger partial charge in [-0.05, 0) is 31.2 Å². The van der Waals surface area contributed by atoms with E-state index in [0.717, 1.165) is 16.3 Å². The maximum Gasteiger partial charge on any atom is 0.305 e. The molecular weight excluding hydrogens is 358 g/mol. The number of aryl methyl sites for hydroxylation is 2. The first-order valence-electron chi connectivity index (χ1n) is 8.71. The number of amides is 2. The summed E-state index contributed by atoms with van der Waals surface area (Å²) in [6, 6.07) is 12.9. The molecule has 2 aromatic carbocycles. The number of fused-ring (bicyclic) bond motifs is 2. The molecule has 2 heterocycles. The maximum atomic E-state index is 12.6. The number of hydrogen-bond donors (Lipinski definition) is 2. The van der Waals surface area contributed by atoms with E-state index in [1.807, 2.05) is 35.9 Å². The molecule has 0 aliphatic carbocycles. The molecule has 0 saturated heterocycles. The van der Waals surface area contributed by atoms with Gasteiger partial charge in [-0.1, -0.05) is 18.2 Å². The number of carbonyl (C=O) groups excluding carboxylic acids is 2. The Kier molecular flexibility index (Phi) is 4.27. The van der Waals surface area contributed by atoms with Crippen molar-refractivity contribution < 1.29 is 18.7 Å². The Balaban J connectivity index is 1.55. The van der Waals surface area contributed by atoms with E-state index in [4.69, 9.17) is 9.15 Å². The van der Waals surface area contributed by atoms with Crippen molar-refractivity contribution in [2.24, 2.45) is 7.05 Å². The number of hydrogen-bond acceptors (Lipinski definition) is 4. The molecule has 0 aliphatic heterocycles. The summed E-state index contributed by atoms with van der Waals surface area (Å²) in [5.74, 6) is -0.115. The van der Waals surface area contributed by atoms with E-state index in [-0.39, 0.29) is 5.76 Å². The van der Waals surface area contributed by atoms with Gasteiger partial charge in [0, 0.05) is 35.1 Å². The zero-order chi connectivity index (χ0) is 19.8. The van der Waals surface area contributed by atoms with E-state index in [1.165, 1.54) is 0 Å². The van der Waals surface area contributed by atoms with E-state index in [2.05, 4.69) is 10.9 Å². The van der Waals surface area contributed by atoms with Gasteiger partial charge in [-0.25, -0.2) is 0 Å². The summed E-state index contributed by atoms with van der Waals surface area (Å²) in [5, 5.41) is 1.59. The molecule has 0 atom stereocenters. The normalized spacial score (nSPS) is 11.0. The zero-order valence-electron chi connectivity index (χ0n) is 15.7. The van der Waals surface area contributed by atoms with Gasteiger partial charge in [0.15, 0.2) is 5.76 Å². The number of aromatic nitrogens is 1. The average molecular weight is 377 g/mol. The third-order valence-corrected chi connectivity index (χ3v) is 4.78. The lowest BCUT2D eigenvalue weighted by Gasteiger charge is -2.05. The molecule has 7 heteroatoms. The Morgan fingerprint density at radius 2 is 1.79 bits per heavy atom. The summed E-state index contributed by atoms with van der Waals surface area (Å²) in [7, 11) is 3.44. The van der Waals surface area contributed by atoms with Crippen LogP contribution in [0, 0.1) is 6.92 Å². The molecular formula is C21H19N3O4. The number of hydrazine groups is 1. The average Bonchev–Trinajstić information content (AvgIpc) is 3.23. The molecule has 7 nitrogen and oxygen atoms in total. The second kappa shape index (κ2) is 6.77. The predicted octanol–water partition coefficient (Wildman–Crippen LogP) is 3.32. The summed E-state index contributed by atoms with van der Waals surface area (Å²) >= 11 is 0. The van der Waals surface area contributed by atoms with E-state index < -0.39 is 11.8 Å². The molecule has 2 aromatic heterocycles. The SMILES string of the molecule is COc1ccc2oc(C(=O)NNC(=O)c3cn(C)c4ccccc34)c(C)c2c1. The lowest BCUT2D eigenvalue weighted by Crippen LogP contribution is -2.41. The summed E-state index contributed by atoms with van der Waals surface area (Å²) in [5.41, 5.74) is 7.54. The minimum absolute atomic E-state index is 0.140. The highest BCUT2D eigenvalue weighted by molar-refractivity contribution is 6.08. The molecule has 2 amide bonds. The summed E-state index contributed by atoms with van der Waals surface area (Å²) in [4.78, 5) is 25.1. The van der Waals surface area contributed by atoms with Gasteiger partial charge in [-0.3, -0.25) is 20.4 Å². The van der Waals surface area contributed by atoms with E-state index in [1.54, 1.807) is 38.4 Å². The lowest BCUT2D eigenvalue weighted by atomic mass is 10.1. The molecule has 0 saturated carbocycles. The van der Waals surface area contributed by atoms with Crippen LogP contribution in [-0.2, 0) is 7.05 Å². The van der Waals surface area contributed by atoms with Crippen molar-refractivity contribution in [1.29, 1.82) is 0 Å². The Bertz CT molecular complexity index is 1220. The third kappa shape index (κ3) is 2.87. The minimum Gasteiger partial charge on any atom is -0.497 e. The van der Waals surface area contributed by atoms with Crippen LogP contribution in [0.4, 0.5) is 0 Å². The maximum absolute atomic E-state index is 12.6. The number of furan rings is 1. The second-order valence-corrected chi connectivity index (χ2v) is 6.50. The third-order valence-electron chi connectivity index (χ3n) is 4.78. The number of benzene rings is 2. The molecule has 4 aromatic rings. The fourth-order valence-corrected chi connectivity index (χ4v) is 3.30. The van der Waals surface area contributed by atoms with Crippen molar-refractivity contribution in [2.75, 3.05) is 7.11 Å². The number of methoxy groups -OCH3 is 1. The first-order chi connectivity index (χ1) is 13.5. The summed E-state index contributed by atoms with van der Waals surface area (Å²) < 4.78 is 12.7. The Hall–Kier alpha value is -3.74. The van der Waals surface area contributed by atoms with Gasteiger partial charge in [0.05, 0.1) is 12.7 Å². The Morgan fingerprint density at radius 1 is 1.04 bits per heavy atom. The molecule has 0 unspecified atom stereocenters. The number of rotatable bonds is 3. The van der Waals surface area contributed by atoms with Gasteiger partial charge in [0.1, 0.15) is 11.3 Å². The topological polar surface area (TPSA) is 85.5 Å². The van der Waals surface area contributed by atoms with Crippen LogP contribution in [0.25, 0.3) is 21.9 Å². The fraction of sp³-hybridized carbons (Fsp3) is 0.143. The molecule has 0 fully saturated rings. The highest BCUT2D eigenvalue weighted by Crippen LogP contribution is 2.28. The molecule has 142 valence electrons. The zero-order valence-corrected chi connectivity index (χ0v) is 15.7. The van der Waals surface area contributed by atoms with Gasteiger partial charge in [-0.15, -0.1) is 0 Å². The molecule has 0 spiro atoms. The molecule has 0 aliphatic rings. The first kappa shape index (κ1) is 17.7. The Morgan fingerprint density at radius 3 is 2.57 bits per heavy atom. The monoisotopic (exact) mass is 377 g/mol. The van der Waals surface area contributed by atoms with Crippen LogP contribution in [0.5, 0.6) is 5.75 Å². The highest BCUT2D eigenvalue weighted by atomic mass is 16.5. The number of nitrogens with zero attached hydrogens (tertiary/aromatic N) is 1. The van der Waals surface area contributed by atoms with E-state index in [0.29, 0.717) is 22.5 Å². The molecule has 4 rings (SSSR count). The molecule has 0 bridgehead atoms. The van der Waals surface area contributed by atoms with Crippen LogP contribution in [0.2, 0.25) is 0 Å². The van der Waals surface area contributed by atoms with Crippen LogP contribution >= 0.6 is 0 Å². The van der Waals surface area contributed by atoms with Crippen molar-refractivity contribution in [3.8, 4) is 5.75 Å². The first-order valence-corrected chi connectivity index (χ1v) is 8.71. The molecule has 0 radical (unpaired) electrons. The van der Waals surface area contributed by atoms with Crippen LogP contribution in [0.3, 0.4) is 0 Å². The van der Waals surface area contributed by atoms with Crippen LogP contribution in [0.1, 0.15) is 26.5 Å². The van der Waals surface area contributed by atoms with Gasteiger partial charge in [-0.2, -0.15) is 0 Å². The van der Waals surface area contributed by atoms with Crippen molar-refractivity contribution in [1.82, 2.24) is 15.4 Å². The number of ether oxygens (including phenoxy) is 1. The fourth-order valence-electron chi connectivity index (χ4n) is 3.30. The van der Waals surface area contributed by atoms with Gasteiger partial charge in [0.25, 0.3) is 5.91 Å². The number of nitrogens with one attached hydrogen (secondary N) is 2. The summed E-state index contributed by atoms with van der Waals surface area (Å²) in [6.07, 6.45) is 1.73. The number of carbonyl (C=O) groups is 2. The standard InChI is InChI=1S/C21H19N3O4/c1-12-15-10-13(27-3)8-9-18(15)28-19(12)21(26)23-22-20(25)16-11-24(2)17-7-5-4-6-14(16)17/h4-11H,1-3H3,(H,22,25)(H,23,26). The van der Waals surface area contributed by atoms with Crippen molar-refractivity contribution in [2.45, 2.75) is 6.92 Å². The van der Waals surface area contributed by atoms with Gasteiger partial charge in [0.2, 0.25) is 0 Å². The van der Waals surface area contributed by atoms with Gasteiger partial charge >= 0.3 is 5.91 Å². The van der Waals surface area contributed by atoms with Crippen molar-refractivity contribution in [3.63, 3.8) is 0 Å². The molecule has 28 heavy (non-hydrogen) atoms. The second-order valence-electron chi connectivity index (χ2n) is 6.50. The number of para-hydroxylation sites is 1. The van der Waals surface area contributed by atoms with Crippen molar-refractivity contribution in [3.05, 3.63) is 65.5 Å². The molecule has 2 N–H and O–H groups in total. The van der Waals surface area contributed by atoms with Crippen molar-refractivity contribution >= 4 is 33.7 Å². The quantitative estimate of drug-likeness (QED) is 0.537.